The molecule has 0 atom stereocenters. The van der Waals surface area contributed by atoms with Crippen molar-refractivity contribution in [1.29, 1.82) is 0 Å². The number of benzene rings is 1. The lowest BCUT2D eigenvalue weighted by Crippen LogP contribution is -2.41. The molecule has 0 radical (unpaired) electrons. The van der Waals surface area contributed by atoms with Gasteiger partial charge in [-0.25, -0.2) is 9.63 Å². The summed E-state index contributed by atoms with van der Waals surface area (Å²) in [6.45, 7) is 0.510. The summed E-state index contributed by atoms with van der Waals surface area (Å²) in [5.41, 5.74) is 2.17. The van der Waals surface area contributed by atoms with Crippen LogP contribution in [-0.4, -0.2) is 34.7 Å². The van der Waals surface area contributed by atoms with E-state index < -0.39 is 24.7 Å². The van der Waals surface area contributed by atoms with Crippen molar-refractivity contribution in [3.8, 4) is 0 Å². The van der Waals surface area contributed by atoms with Gasteiger partial charge in [-0.2, -0.15) is 0 Å². The van der Waals surface area contributed by atoms with Gasteiger partial charge in [0.2, 0.25) is 6.79 Å². The molecule has 1 aromatic carbocycles. The minimum atomic E-state index is -0.534. The van der Waals surface area contributed by atoms with Gasteiger partial charge in [-0.05, 0) is 17.5 Å². The van der Waals surface area contributed by atoms with E-state index >= 15 is 0 Å². The highest BCUT2D eigenvalue weighted by Gasteiger charge is 2.28. The third-order valence-electron chi connectivity index (χ3n) is 3.70. The highest BCUT2D eigenvalue weighted by atomic mass is 16.8. The van der Waals surface area contributed by atoms with Crippen molar-refractivity contribution < 1.29 is 24.0 Å². The van der Waals surface area contributed by atoms with Gasteiger partial charge in [-0.3, -0.25) is 14.5 Å². The lowest BCUT2D eigenvalue weighted by molar-refractivity contribution is -0.219. The van der Waals surface area contributed by atoms with Crippen LogP contribution in [0, 0.1) is 0 Å². The van der Waals surface area contributed by atoms with Gasteiger partial charge in [0.1, 0.15) is 0 Å². The summed E-state index contributed by atoms with van der Waals surface area (Å²) < 4.78 is 4.98. The summed E-state index contributed by atoms with van der Waals surface area (Å²) in [6, 6.07) is 7.77. The second-order valence-electron chi connectivity index (χ2n) is 5.22. The second-order valence-corrected chi connectivity index (χ2v) is 5.22. The molecule has 0 N–H and O–H groups in total. The van der Waals surface area contributed by atoms with Crippen LogP contribution in [0.4, 0.5) is 4.79 Å². The van der Waals surface area contributed by atoms with Gasteiger partial charge in [0.15, 0.2) is 0 Å². The van der Waals surface area contributed by atoms with E-state index in [2.05, 4.69) is 0 Å². The lowest BCUT2D eigenvalue weighted by atomic mass is 10.1. The van der Waals surface area contributed by atoms with Gasteiger partial charge >= 0.3 is 6.09 Å². The Morgan fingerprint density at radius 3 is 2.23 bits per heavy atom. The Bertz CT molecular complexity index is 575. The van der Waals surface area contributed by atoms with Crippen molar-refractivity contribution in [2.24, 2.45) is 0 Å². The molecule has 0 aliphatic carbocycles. The number of nitrogens with zero attached hydrogens (tertiary/aromatic N) is 2. The van der Waals surface area contributed by atoms with Gasteiger partial charge in [0.05, 0.1) is 0 Å². The molecule has 0 saturated carbocycles. The zero-order valence-corrected chi connectivity index (χ0v) is 12.0. The van der Waals surface area contributed by atoms with Crippen LogP contribution < -0.4 is 0 Å². The van der Waals surface area contributed by atoms with E-state index in [0.29, 0.717) is 24.6 Å². The molecule has 22 heavy (non-hydrogen) atoms. The molecule has 0 aromatic heterocycles. The number of amides is 3. The average molecular weight is 304 g/mol. The third kappa shape index (κ3) is 2.94. The van der Waals surface area contributed by atoms with Crippen molar-refractivity contribution in [3.05, 3.63) is 35.4 Å². The highest BCUT2D eigenvalue weighted by Crippen LogP contribution is 2.22. The van der Waals surface area contributed by atoms with Gasteiger partial charge in [-0.1, -0.05) is 24.3 Å². The second kappa shape index (κ2) is 6.15. The number of fused-ring (bicyclic) bond motifs is 1. The largest absolute Gasteiger partial charge is 0.420 e. The topological polar surface area (TPSA) is 76.1 Å². The smallest absolute Gasteiger partial charge is 0.412 e. The molecule has 0 bridgehead atoms. The van der Waals surface area contributed by atoms with Crippen molar-refractivity contribution in [2.75, 3.05) is 6.79 Å². The quantitative estimate of drug-likeness (QED) is 0.626. The molecular weight excluding hydrogens is 288 g/mol. The van der Waals surface area contributed by atoms with E-state index in [4.69, 9.17) is 9.57 Å². The molecule has 3 amide bonds. The molecule has 1 saturated heterocycles. The highest BCUT2D eigenvalue weighted by molar-refractivity contribution is 5.96. The van der Waals surface area contributed by atoms with E-state index in [1.165, 1.54) is 4.90 Å². The number of piperidine rings is 1. The van der Waals surface area contributed by atoms with Crippen LogP contribution in [0.15, 0.2) is 24.3 Å². The van der Waals surface area contributed by atoms with Gasteiger partial charge in [0.25, 0.3) is 11.8 Å². The SMILES string of the molecule is O=C(OCON1C(=O)CCCC1=O)N1Cc2ccccc2C1. The maximum absolute atomic E-state index is 12.0. The summed E-state index contributed by atoms with van der Waals surface area (Å²) in [5.74, 6) is -0.804. The number of imide groups is 1. The summed E-state index contributed by atoms with van der Waals surface area (Å²) in [4.78, 5) is 41.5. The molecular formula is C15H16N2O5. The van der Waals surface area contributed by atoms with Crippen molar-refractivity contribution in [3.63, 3.8) is 0 Å². The molecule has 7 nitrogen and oxygen atoms in total. The molecule has 2 aliphatic rings. The first-order valence-corrected chi connectivity index (χ1v) is 7.12. The number of carbonyl (C=O) groups excluding carboxylic acids is 3. The van der Waals surface area contributed by atoms with Crippen molar-refractivity contribution >= 4 is 17.9 Å². The normalized spacial score (nSPS) is 17.6. The van der Waals surface area contributed by atoms with Gasteiger partial charge in [0, 0.05) is 25.9 Å². The van der Waals surface area contributed by atoms with E-state index in [0.717, 1.165) is 11.1 Å². The predicted molar refractivity (Wildman–Crippen MR) is 73.8 cm³/mol. The number of carbonyl (C=O) groups is 3. The van der Waals surface area contributed by atoms with Crippen molar-refractivity contribution in [1.82, 2.24) is 9.96 Å². The number of hydrogen-bond acceptors (Lipinski definition) is 5. The van der Waals surface area contributed by atoms with E-state index in [1.54, 1.807) is 0 Å². The van der Waals surface area contributed by atoms with E-state index in [-0.39, 0.29) is 12.8 Å². The molecule has 0 unspecified atom stereocenters. The Labute approximate surface area is 127 Å². The number of rotatable bonds is 3. The van der Waals surface area contributed by atoms with Crippen LogP contribution >= 0.6 is 0 Å². The van der Waals surface area contributed by atoms with Crippen molar-refractivity contribution in [2.45, 2.75) is 32.4 Å². The fourth-order valence-corrected chi connectivity index (χ4v) is 2.56. The average Bonchev–Trinajstić information content (AvgIpc) is 2.94. The molecule has 1 fully saturated rings. The Morgan fingerprint density at radius 2 is 1.64 bits per heavy atom. The minimum Gasteiger partial charge on any atom is -0.420 e. The first-order valence-electron chi connectivity index (χ1n) is 7.12. The minimum absolute atomic E-state index is 0.265. The molecule has 2 heterocycles. The van der Waals surface area contributed by atoms with Crippen LogP contribution in [0.2, 0.25) is 0 Å². The van der Waals surface area contributed by atoms with Gasteiger partial charge in [-0.15, -0.1) is 5.06 Å². The fourth-order valence-electron chi connectivity index (χ4n) is 2.56. The Hall–Kier alpha value is -2.41. The first kappa shape index (κ1) is 14.5. The van der Waals surface area contributed by atoms with Crippen LogP contribution in [-0.2, 0) is 32.3 Å². The number of ether oxygens (including phenoxy) is 1. The summed E-state index contributed by atoms with van der Waals surface area (Å²) in [6.07, 6.45) is 0.527. The molecule has 3 rings (SSSR count). The van der Waals surface area contributed by atoms with Crippen LogP contribution in [0.3, 0.4) is 0 Å². The molecule has 7 heteroatoms. The Morgan fingerprint density at radius 1 is 1.05 bits per heavy atom. The number of hydroxylamine groups is 2. The standard InChI is InChI=1S/C15H16N2O5/c18-13-6-3-7-14(19)17(13)22-10-21-15(20)16-8-11-4-1-2-5-12(11)9-16/h1-2,4-5H,3,6-10H2. The first-order chi connectivity index (χ1) is 10.6. The molecule has 116 valence electrons. The summed E-state index contributed by atoms with van der Waals surface area (Å²) >= 11 is 0. The molecule has 1 aromatic rings. The van der Waals surface area contributed by atoms with Crippen LogP contribution in [0.25, 0.3) is 0 Å². The monoisotopic (exact) mass is 304 g/mol. The summed E-state index contributed by atoms with van der Waals surface area (Å²) in [7, 11) is 0. The Balaban J connectivity index is 1.47. The maximum Gasteiger partial charge on any atom is 0.412 e. The summed E-state index contributed by atoms with van der Waals surface area (Å²) in [5, 5.41) is 0.690. The van der Waals surface area contributed by atoms with E-state index in [1.807, 2.05) is 24.3 Å². The lowest BCUT2D eigenvalue weighted by Gasteiger charge is -2.23. The zero-order valence-electron chi connectivity index (χ0n) is 12.0. The van der Waals surface area contributed by atoms with Gasteiger partial charge < -0.3 is 4.74 Å². The molecule has 0 spiro atoms. The maximum atomic E-state index is 12.0. The molecule has 2 aliphatic heterocycles. The predicted octanol–water partition coefficient (Wildman–Crippen LogP) is 1.57. The Kier molecular flexibility index (Phi) is 4.06. The number of hydrogen-bond donors (Lipinski definition) is 0. The zero-order chi connectivity index (χ0) is 15.5. The van der Waals surface area contributed by atoms with Crippen LogP contribution in [0.5, 0.6) is 0 Å². The third-order valence-corrected chi connectivity index (χ3v) is 3.70. The fraction of sp³-hybridized carbons (Fsp3) is 0.400. The van der Waals surface area contributed by atoms with Crippen LogP contribution in [0.1, 0.15) is 30.4 Å². The van der Waals surface area contributed by atoms with E-state index in [9.17, 15) is 14.4 Å².